The molecule has 0 bridgehead atoms. The Morgan fingerprint density at radius 1 is 1.05 bits per heavy atom. The van der Waals surface area contributed by atoms with Crippen LogP contribution in [0.15, 0.2) is 0 Å². The fourth-order valence-corrected chi connectivity index (χ4v) is 5.06. The lowest BCUT2D eigenvalue weighted by molar-refractivity contribution is -0.134. The third-order valence-corrected chi connectivity index (χ3v) is 6.92. The van der Waals surface area contributed by atoms with E-state index in [1.165, 1.54) is 0 Å². The van der Waals surface area contributed by atoms with Gasteiger partial charge in [0.15, 0.2) is 9.84 Å². The highest BCUT2D eigenvalue weighted by molar-refractivity contribution is 7.92. The van der Waals surface area contributed by atoms with E-state index >= 15 is 0 Å². The van der Waals surface area contributed by atoms with E-state index in [0.717, 1.165) is 25.7 Å². The summed E-state index contributed by atoms with van der Waals surface area (Å²) < 4.78 is 24.3. The molecule has 6 nitrogen and oxygen atoms in total. The summed E-state index contributed by atoms with van der Waals surface area (Å²) in [6.45, 7) is 0.992. The minimum atomic E-state index is -3.14. The van der Waals surface area contributed by atoms with Gasteiger partial charge in [-0.15, -0.1) is 0 Å². The van der Waals surface area contributed by atoms with Crippen LogP contribution in [0.1, 0.15) is 44.9 Å². The van der Waals surface area contributed by atoms with Crippen LogP contribution in [-0.2, 0) is 19.4 Å². The Morgan fingerprint density at radius 3 is 2.14 bits per heavy atom. The van der Waals surface area contributed by atoms with Crippen molar-refractivity contribution in [1.29, 1.82) is 0 Å². The number of carbonyl (C=O) groups excluding carboxylic acids is 2. The highest BCUT2D eigenvalue weighted by Gasteiger charge is 2.30. The van der Waals surface area contributed by atoms with Gasteiger partial charge in [-0.3, -0.25) is 9.59 Å². The van der Waals surface area contributed by atoms with Crippen molar-refractivity contribution < 1.29 is 18.0 Å². The van der Waals surface area contributed by atoms with Gasteiger partial charge in [-0.2, -0.15) is 0 Å². The smallest absolute Gasteiger partial charge is 0.223 e. The quantitative estimate of drug-likeness (QED) is 0.796. The van der Waals surface area contributed by atoms with E-state index in [4.69, 9.17) is 5.73 Å². The minimum Gasteiger partial charge on any atom is -0.369 e. The summed E-state index contributed by atoms with van der Waals surface area (Å²) in [4.78, 5) is 24.8. The molecule has 21 heavy (non-hydrogen) atoms. The number of sulfone groups is 1. The number of nitrogens with two attached hydrogens (primary N) is 1. The summed E-state index contributed by atoms with van der Waals surface area (Å²) >= 11 is 0. The predicted molar refractivity (Wildman–Crippen MR) is 79.2 cm³/mol. The molecule has 2 fully saturated rings. The second kappa shape index (κ2) is 6.77. The molecule has 0 aromatic carbocycles. The summed E-state index contributed by atoms with van der Waals surface area (Å²) in [6.07, 6.45) is 4.63. The van der Waals surface area contributed by atoms with Crippen LogP contribution in [0.5, 0.6) is 0 Å². The molecule has 0 atom stereocenters. The molecular formula is C14H24N2O4S. The van der Waals surface area contributed by atoms with E-state index in [1.54, 1.807) is 4.90 Å². The highest BCUT2D eigenvalue weighted by Crippen LogP contribution is 2.26. The molecule has 120 valence electrons. The van der Waals surface area contributed by atoms with Crippen molar-refractivity contribution in [3.8, 4) is 0 Å². The molecule has 0 spiro atoms. The van der Waals surface area contributed by atoms with Crippen molar-refractivity contribution in [3.05, 3.63) is 0 Å². The standard InChI is InChI=1S/C14H24N2O4S/c15-14(18)11-5-8-16(9-6-11)13(17)7-10-21(19,20)12-3-1-2-4-12/h11-12H,1-10H2,(H2,15,18). The molecule has 0 radical (unpaired) electrons. The zero-order valence-electron chi connectivity index (χ0n) is 12.3. The van der Waals surface area contributed by atoms with E-state index in [1.807, 2.05) is 0 Å². The Labute approximate surface area is 126 Å². The van der Waals surface area contributed by atoms with E-state index in [0.29, 0.717) is 25.9 Å². The van der Waals surface area contributed by atoms with Crippen LogP contribution in [0.3, 0.4) is 0 Å². The zero-order valence-corrected chi connectivity index (χ0v) is 13.1. The van der Waals surface area contributed by atoms with Crippen molar-refractivity contribution in [3.63, 3.8) is 0 Å². The van der Waals surface area contributed by atoms with Gasteiger partial charge in [0, 0.05) is 25.4 Å². The molecule has 1 heterocycles. The first-order valence-corrected chi connectivity index (χ1v) is 9.40. The fourth-order valence-electron chi connectivity index (χ4n) is 3.22. The van der Waals surface area contributed by atoms with Gasteiger partial charge in [0.2, 0.25) is 11.8 Å². The van der Waals surface area contributed by atoms with Gasteiger partial charge in [-0.05, 0) is 25.7 Å². The van der Waals surface area contributed by atoms with Crippen LogP contribution in [0.2, 0.25) is 0 Å². The average Bonchev–Trinajstić information content (AvgIpc) is 3.00. The molecular weight excluding hydrogens is 292 g/mol. The van der Waals surface area contributed by atoms with Gasteiger partial charge in [-0.1, -0.05) is 12.8 Å². The van der Waals surface area contributed by atoms with Crippen molar-refractivity contribution in [2.75, 3.05) is 18.8 Å². The first-order valence-electron chi connectivity index (χ1n) is 7.69. The Hall–Kier alpha value is -1.11. The van der Waals surface area contributed by atoms with Gasteiger partial charge < -0.3 is 10.6 Å². The molecule has 2 rings (SSSR count). The molecule has 1 saturated carbocycles. The Kier molecular flexibility index (Phi) is 5.24. The molecule has 2 aliphatic rings. The molecule has 1 aliphatic carbocycles. The average molecular weight is 316 g/mol. The molecule has 2 amide bonds. The summed E-state index contributed by atoms with van der Waals surface area (Å²) in [7, 11) is -3.14. The summed E-state index contributed by atoms with van der Waals surface area (Å²) in [5.74, 6) is -0.645. The number of primary amides is 1. The van der Waals surface area contributed by atoms with Crippen LogP contribution < -0.4 is 5.73 Å². The zero-order chi connectivity index (χ0) is 15.5. The van der Waals surface area contributed by atoms with Crippen LogP contribution in [0, 0.1) is 5.92 Å². The van der Waals surface area contributed by atoms with Crippen molar-refractivity contribution in [1.82, 2.24) is 4.90 Å². The van der Waals surface area contributed by atoms with E-state index < -0.39 is 9.84 Å². The number of hydrogen-bond acceptors (Lipinski definition) is 4. The topological polar surface area (TPSA) is 97.5 Å². The van der Waals surface area contributed by atoms with Gasteiger partial charge in [0.05, 0.1) is 11.0 Å². The van der Waals surface area contributed by atoms with Gasteiger partial charge in [-0.25, -0.2) is 8.42 Å². The number of rotatable bonds is 5. The second-order valence-corrected chi connectivity index (χ2v) is 8.48. The predicted octanol–water partition coefficient (Wildman–Crippen LogP) is 0.458. The van der Waals surface area contributed by atoms with Crippen LogP contribution in [0.25, 0.3) is 0 Å². The Morgan fingerprint density at radius 2 is 1.62 bits per heavy atom. The largest absolute Gasteiger partial charge is 0.369 e. The lowest BCUT2D eigenvalue weighted by Gasteiger charge is -2.30. The first-order chi connectivity index (χ1) is 9.90. The lowest BCUT2D eigenvalue weighted by atomic mass is 9.96. The maximum atomic E-state index is 12.1. The Balaban J connectivity index is 1.78. The maximum Gasteiger partial charge on any atom is 0.223 e. The number of piperidine rings is 1. The molecule has 1 aliphatic heterocycles. The molecule has 1 saturated heterocycles. The number of amides is 2. The van der Waals surface area contributed by atoms with Gasteiger partial charge in [0.25, 0.3) is 0 Å². The number of hydrogen-bond donors (Lipinski definition) is 1. The third-order valence-electron chi connectivity index (χ3n) is 4.66. The normalized spacial score (nSPS) is 21.6. The summed E-state index contributed by atoms with van der Waals surface area (Å²) in [5.41, 5.74) is 5.25. The van der Waals surface area contributed by atoms with E-state index in [-0.39, 0.29) is 35.2 Å². The molecule has 7 heteroatoms. The monoisotopic (exact) mass is 316 g/mol. The second-order valence-electron chi connectivity index (χ2n) is 6.08. The third kappa shape index (κ3) is 4.18. The molecule has 0 unspecified atom stereocenters. The van der Waals surface area contributed by atoms with Crippen LogP contribution in [0.4, 0.5) is 0 Å². The van der Waals surface area contributed by atoms with Gasteiger partial charge >= 0.3 is 0 Å². The SMILES string of the molecule is NC(=O)C1CCN(C(=O)CCS(=O)(=O)C2CCCC2)CC1. The van der Waals surface area contributed by atoms with Crippen molar-refractivity contribution in [2.45, 2.75) is 50.2 Å². The lowest BCUT2D eigenvalue weighted by Crippen LogP contribution is -2.42. The first kappa shape index (κ1) is 16.3. The van der Waals surface area contributed by atoms with Crippen molar-refractivity contribution >= 4 is 21.7 Å². The van der Waals surface area contributed by atoms with Crippen LogP contribution in [-0.4, -0.2) is 49.2 Å². The number of nitrogens with zero attached hydrogens (tertiary/aromatic N) is 1. The van der Waals surface area contributed by atoms with Crippen molar-refractivity contribution in [2.24, 2.45) is 11.7 Å². The summed E-state index contributed by atoms with van der Waals surface area (Å²) in [5, 5.41) is -0.245. The summed E-state index contributed by atoms with van der Waals surface area (Å²) in [6, 6.07) is 0. The maximum absolute atomic E-state index is 12.1. The van der Waals surface area contributed by atoms with Gasteiger partial charge in [0.1, 0.15) is 0 Å². The molecule has 0 aromatic rings. The minimum absolute atomic E-state index is 0.0494. The highest BCUT2D eigenvalue weighted by atomic mass is 32.2. The fraction of sp³-hybridized carbons (Fsp3) is 0.857. The number of likely N-dealkylation sites (tertiary alicyclic amines) is 1. The van der Waals surface area contributed by atoms with E-state index in [2.05, 4.69) is 0 Å². The Bertz CT molecular complexity index is 489. The number of carbonyl (C=O) groups is 2. The van der Waals surface area contributed by atoms with E-state index in [9.17, 15) is 18.0 Å². The molecule has 2 N–H and O–H groups in total. The molecule has 0 aromatic heterocycles. The van der Waals surface area contributed by atoms with Crippen LogP contribution >= 0.6 is 0 Å².